The van der Waals surface area contributed by atoms with Gasteiger partial charge in [-0.05, 0) is 81.1 Å². The van der Waals surface area contributed by atoms with Crippen LogP contribution in [-0.2, 0) is 21.2 Å². The molecular formula is C21H27BrN2O4S. The van der Waals surface area contributed by atoms with Gasteiger partial charge < -0.3 is 10.1 Å². The van der Waals surface area contributed by atoms with Crippen LogP contribution in [0, 0.1) is 13.8 Å². The van der Waals surface area contributed by atoms with Crippen molar-refractivity contribution in [3.8, 4) is 5.75 Å². The molecule has 0 atom stereocenters. The van der Waals surface area contributed by atoms with Crippen molar-refractivity contribution in [1.82, 2.24) is 4.72 Å². The van der Waals surface area contributed by atoms with Crippen LogP contribution in [0.15, 0.2) is 39.7 Å². The molecule has 8 heteroatoms. The third-order valence-corrected chi connectivity index (χ3v) is 6.35. The Morgan fingerprint density at radius 2 is 1.83 bits per heavy atom. The van der Waals surface area contributed by atoms with Gasteiger partial charge in [-0.1, -0.05) is 22.9 Å². The molecule has 2 aromatic rings. The van der Waals surface area contributed by atoms with Gasteiger partial charge in [-0.3, -0.25) is 4.79 Å². The quantitative estimate of drug-likeness (QED) is 0.586. The average Bonchev–Trinajstić information content (AvgIpc) is 2.61. The van der Waals surface area contributed by atoms with E-state index in [0.717, 1.165) is 27.7 Å². The first-order valence-corrected chi connectivity index (χ1v) is 11.7. The van der Waals surface area contributed by atoms with Gasteiger partial charge in [0.2, 0.25) is 10.0 Å². The minimum absolute atomic E-state index is 0.165. The molecule has 158 valence electrons. The van der Waals surface area contributed by atoms with Crippen LogP contribution in [0.1, 0.15) is 37.5 Å². The van der Waals surface area contributed by atoms with E-state index < -0.39 is 10.0 Å². The summed E-state index contributed by atoms with van der Waals surface area (Å²) in [7, 11) is -3.58. The van der Waals surface area contributed by atoms with E-state index in [4.69, 9.17) is 4.74 Å². The summed E-state index contributed by atoms with van der Waals surface area (Å²) in [6, 6.07) is 8.31. The Morgan fingerprint density at radius 1 is 1.14 bits per heavy atom. The first-order chi connectivity index (χ1) is 13.5. The van der Waals surface area contributed by atoms with Gasteiger partial charge in [0.15, 0.2) is 6.61 Å². The fourth-order valence-electron chi connectivity index (χ4n) is 2.92. The number of carbonyl (C=O) groups excluding carboxylic acids is 1. The van der Waals surface area contributed by atoms with Crippen molar-refractivity contribution >= 4 is 37.5 Å². The van der Waals surface area contributed by atoms with Crippen molar-refractivity contribution in [2.45, 2.75) is 52.0 Å². The zero-order chi connectivity index (χ0) is 21.8. The highest BCUT2D eigenvalue weighted by Gasteiger charge is 2.17. The van der Waals surface area contributed by atoms with E-state index in [0.29, 0.717) is 11.3 Å². The second-order valence-electron chi connectivity index (χ2n) is 7.15. The molecule has 0 aliphatic rings. The summed E-state index contributed by atoms with van der Waals surface area (Å²) < 4.78 is 33.7. The monoisotopic (exact) mass is 482 g/mol. The molecule has 0 radical (unpaired) electrons. The lowest BCUT2D eigenvalue weighted by atomic mass is 10.1. The van der Waals surface area contributed by atoms with E-state index in [9.17, 15) is 13.2 Å². The predicted octanol–water partition coefficient (Wildman–Crippen LogP) is 4.33. The summed E-state index contributed by atoms with van der Waals surface area (Å²) in [4.78, 5) is 12.6. The highest BCUT2D eigenvalue weighted by molar-refractivity contribution is 9.10. The maximum atomic E-state index is 12.4. The lowest BCUT2D eigenvalue weighted by molar-refractivity contribution is -0.118. The molecule has 0 heterocycles. The molecule has 0 fully saturated rings. The van der Waals surface area contributed by atoms with E-state index >= 15 is 0 Å². The highest BCUT2D eigenvalue weighted by atomic mass is 79.9. The number of rotatable bonds is 8. The average molecular weight is 483 g/mol. The van der Waals surface area contributed by atoms with E-state index in [-0.39, 0.29) is 23.5 Å². The number of aryl methyl sites for hydroxylation is 3. The van der Waals surface area contributed by atoms with E-state index in [1.807, 2.05) is 26.0 Å². The molecule has 0 saturated carbocycles. The molecule has 6 nitrogen and oxygen atoms in total. The van der Waals surface area contributed by atoms with Crippen molar-refractivity contribution in [2.24, 2.45) is 0 Å². The van der Waals surface area contributed by atoms with Gasteiger partial charge in [-0.25, -0.2) is 13.1 Å². The number of carbonyl (C=O) groups is 1. The molecule has 0 unspecified atom stereocenters. The Labute approximate surface area is 181 Å². The molecule has 0 spiro atoms. The van der Waals surface area contributed by atoms with Crippen molar-refractivity contribution in [3.63, 3.8) is 0 Å². The SMILES string of the molecule is CCc1cc(Br)cc(C)c1NC(=O)COc1ccc(S(=O)(=O)NC(C)C)cc1C. The highest BCUT2D eigenvalue weighted by Crippen LogP contribution is 2.27. The van der Waals surface area contributed by atoms with Gasteiger partial charge in [-0.15, -0.1) is 0 Å². The first kappa shape index (κ1) is 23.4. The fraction of sp³-hybridized carbons (Fsp3) is 0.381. The molecular weight excluding hydrogens is 456 g/mol. The summed E-state index contributed by atoms with van der Waals surface area (Å²) in [5.74, 6) is 0.189. The third-order valence-electron chi connectivity index (χ3n) is 4.23. The van der Waals surface area contributed by atoms with Crippen molar-refractivity contribution in [3.05, 3.63) is 51.5 Å². The number of anilines is 1. The number of sulfonamides is 1. The summed E-state index contributed by atoms with van der Waals surface area (Å²) in [5.41, 5.74) is 3.43. The lowest BCUT2D eigenvalue weighted by Crippen LogP contribution is -2.30. The molecule has 2 N–H and O–H groups in total. The van der Waals surface area contributed by atoms with Gasteiger partial charge >= 0.3 is 0 Å². The number of amides is 1. The summed E-state index contributed by atoms with van der Waals surface area (Å²) in [6.45, 7) is 9.07. The second-order valence-corrected chi connectivity index (χ2v) is 9.78. The maximum absolute atomic E-state index is 12.4. The van der Waals surface area contributed by atoms with E-state index in [2.05, 4.69) is 26.0 Å². The van der Waals surface area contributed by atoms with Crippen LogP contribution in [0.5, 0.6) is 5.75 Å². The molecule has 0 bridgehead atoms. The predicted molar refractivity (Wildman–Crippen MR) is 119 cm³/mol. The maximum Gasteiger partial charge on any atom is 0.262 e. The van der Waals surface area contributed by atoms with Crippen LogP contribution in [0.3, 0.4) is 0 Å². The van der Waals surface area contributed by atoms with Gasteiger partial charge in [0.1, 0.15) is 5.75 Å². The van der Waals surface area contributed by atoms with Gasteiger partial charge in [0, 0.05) is 16.2 Å². The summed E-state index contributed by atoms with van der Waals surface area (Å²) >= 11 is 3.47. The van der Waals surface area contributed by atoms with Crippen molar-refractivity contribution in [1.29, 1.82) is 0 Å². The van der Waals surface area contributed by atoms with Crippen LogP contribution < -0.4 is 14.8 Å². The number of hydrogen-bond donors (Lipinski definition) is 2. The Kier molecular flexibility index (Phi) is 7.85. The molecule has 29 heavy (non-hydrogen) atoms. The van der Waals surface area contributed by atoms with Gasteiger partial charge in [0.05, 0.1) is 4.90 Å². The number of halogens is 1. The summed E-state index contributed by atoms with van der Waals surface area (Å²) in [5, 5.41) is 2.91. The minimum atomic E-state index is -3.58. The smallest absolute Gasteiger partial charge is 0.262 e. The second kappa shape index (κ2) is 9.73. The molecule has 1 amide bonds. The fourth-order valence-corrected chi connectivity index (χ4v) is 4.87. The zero-order valence-corrected chi connectivity index (χ0v) is 19.7. The molecule has 0 aliphatic carbocycles. The number of nitrogens with one attached hydrogen (secondary N) is 2. The zero-order valence-electron chi connectivity index (χ0n) is 17.3. The van der Waals surface area contributed by atoms with Crippen molar-refractivity contribution < 1.29 is 17.9 Å². The largest absolute Gasteiger partial charge is 0.483 e. The van der Waals surface area contributed by atoms with Crippen LogP contribution in [0.2, 0.25) is 0 Å². The van der Waals surface area contributed by atoms with E-state index in [1.54, 1.807) is 26.8 Å². The molecule has 2 rings (SSSR count). The normalized spacial score (nSPS) is 11.6. The van der Waals surface area contributed by atoms with Crippen LogP contribution in [-0.4, -0.2) is 27.0 Å². The molecule has 2 aromatic carbocycles. The van der Waals surface area contributed by atoms with Gasteiger partial charge in [-0.2, -0.15) is 0 Å². The first-order valence-electron chi connectivity index (χ1n) is 9.38. The number of hydrogen-bond acceptors (Lipinski definition) is 4. The Morgan fingerprint density at radius 3 is 2.41 bits per heavy atom. The number of benzene rings is 2. The van der Waals surface area contributed by atoms with Crippen LogP contribution in [0.25, 0.3) is 0 Å². The van der Waals surface area contributed by atoms with Gasteiger partial charge in [0.25, 0.3) is 5.91 Å². The number of ether oxygens (including phenoxy) is 1. The standard InChI is InChI=1S/C21H27BrN2O4S/c1-6-16-11-17(22)9-15(5)21(16)23-20(25)12-28-19-8-7-18(10-14(19)4)29(26,27)24-13(2)3/h7-11,13,24H,6,12H2,1-5H3,(H,23,25). The topological polar surface area (TPSA) is 84.5 Å². The summed E-state index contributed by atoms with van der Waals surface area (Å²) in [6.07, 6.45) is 0.788. The van der Waals surface area contributed by atoms with E-state index in [1.165, 1.54) is 12.1 Å². The Bertz CT molecular complexity index is 1000. The van der Waals surface area contributed by atoms with Crippen LogP contribution in [0.4, 0.5) is 5.69 Å². The molecule has 0 aliphatic heterocycles. The molecule has 0 aromatic heterocycles. The van der Waals surface area contributed by atoms with Crippen molar-refractivity contribution in [2.75, 3.05) is 11.9 Å². The lowest BCUT2D eigenvalue weighted by Gasteiger charge is -2.15. The third kappa shape index (κ3) is 6.29. The minimum Gasteiger partial charge on any atom is -0.483 e. The van der Waals surface area contributed by atoms with Crippen LogP contribution >= 0.6 is 15.9 Å². The Balaban J connectivity index is 2.08. The Hall–Kier alpha value is -1.90. The molecule has 0 saturated heterocycles.